The van der Waals surface area contributed by atoms with Gasteiger partial charge in [-0.2, -0.15) is 0 Å². The van der Waals surface area contributed by atoms with E-state index in [1.165, 1.54) is 19.3 Å². The molecule has 0 amide bonds. The van der Waals surface area contributed by atoms with Crippen LogP contribution in [-0.2, 0) is 4.74 Å². The predicted octanol–water partition coefficient (Wildman–Crippen LogP) is 2.91. The Morgan fingerprint density at radius 2 is 2.07 bits per heavy atom. The third kappa shape index (κ3) is 6.17. The molecule has 2 nitrogen and oxygen atoms in total. The van der Waals surface area contributed by atoms with Crippen molar-refractivity contribution >= 4 is 0 Å². The second-order valence-corrected chi connectivity index (χ2v) is 3.89. The normalized spacial score (nSPS) is 16.0. The Bertz CT molecular complexity index is 154. The van der Waals surface area contributed by atoms with Gasteiger partial charge in [-0.15, -0.1) is 0 Å². The van der Waals surface area contributed by atoms with E-state index in [1.54, 1.807) is 7.11 Å². The van der Waals surface area contributed by atoms with Gasteiger partial charge in [0, 0.05) is 13.7 Å². The van der Waals surface area contributed by atoms with Crippen molar-refractivity contribution < 1.29 is 9.84 Å². The van der Waals surface area contributed by atoms with Crippen molar-refractivity contribution in [1.29, 1.82) is 0 Å². The van der Waals surface area contributed by atoms with Crippen molar-refractivity contribution in [2.24, 2.45) is 0 Å². The van der Waals surface area contributed by atoms with Crippen LogP contribution in [0.5, 0.6) is 0 Å². The second kappa shape index (κ2) is 8.01. The van der Waals surface area contributed by atoms with Crippen LogP contribution in [0, 0.1) is 0 Å². The van der Waals surface area contributed by atoms with E-state index >= 15 is 0 Å². The number of hydrogen-bond acceptors (Lipinski definition) is 2. The maximum Gasteiger partial charge on any atom is 0.0830 e. The lowest BCUT2D eigenvalue weighted by molar-refractivity contribution is 0.0389. The first-order chi connectivity index (χ1) is 6.68. The molecule has 1 N–H and O–H groups in total. The van der Waals surface area contributed by atoms with Crippen LogP contribution in [0.4, 0.5) is 0 Å². The molecular weight excluding hydrogens is 176 g/mol. The fraction of sp³-hybridized carbons (Fsp3) is 0.833. The van der Waals surface area contributed by atoms with E-state index in [1.807, 2.05) is 6.08 Å². The molecule has 0 rings (SSSR count). The molecule has 0 aromatic heterocycles. The lowest BCUT2D eigenvalue weighted by atomic mass is 9.97. The first kappa shape index (κ1) is 13.7. The van der Waals surface area contributed by atoms with Crippen LogP contribution < -0.4 is 0 Å². The predicted molar refractivity (Wildman–Crippen MR) is 60.4 cm³/mol. The van der Waals surface area contributed by atoms with Gasteiger partial charge in [0.05, 0.1) is 5.60 Å². The van der Waals surface area contributed by atoms with Gasteiger partial charge in [0.25, 0.3) is 0 Å². The molecule has 0 fully saturated rings. The molecule has 0 aliphatic carbocycles. The molecule has 0 radical (unpaired) electrons. The molecule has 0 bridgehead atoms. The van der Waals surface area contributed by atoms with Gasteiger partial charge < -0.3 is 9.84 Å². The summed E-state index contributed by atoms with van der Waals surface area (Å²) < 4.78 is 5.46. The Balaban J connectivity index is 3.90. The highest BCUT2D eigenvalue weighted by atomic mass is 16.5. The molecule has 14 heavy (non-hydrogen) atoms. The fourth-order valence-corrected chi connectivity index (χ4v) is 1.39. The molecule has 1 atom stereocenters. The quantitative estimate of drug-likeness (QED) is 0.482. The van der Waals surface area contributed by atoms with Gasteiger partial charge in [0.2, 0.25) is 0 Å². The van der Waals surface area contributed by atoms with Crippen LogP contribution in [0.1, 0.15) is 46.0 Å². The lowest BCUT2D eigenvalue weighted by Crippen LogP contribution is -2.24. The Labute approximate surface area is 88.0 Å². The zero-order chi connectivity index (χ0) is 10.9. The van der Waals surface area contributed by atoms with Crippen LogP contribution in [0.15, 0.2) is 12.2 Å². The van der Waals surface area contributed by atoms with Crippen molar-refractivity contribution in [3.8, 4) is 0 Å². The highest BCUT2D eigenvalue weighted by Crippen LogP contribution is 2.20. The molecule has 0 aromatic carbocycles. The summed E-state index contributed by atoms with van der Waals surface area (Å²) >= 11 is 0. The van der Waals surface area contributed by atoms with Gasteiger partial charge in [-0.3, -0.25) is 0 Å². The molecule has 84 valence electrons. The number of aliphatic hydroxyl groups excluding tert-OH is 1. The van der Waals surface area contributed by atoms with Crippen molar-refractivity contribution in [3.63, 3.8) is 0 Å². The zero-order valence-electron chi connectivity index (χ0n) is 9.75. The summed E-state index contributed by atoms with van der Waals surface area (Å²) in [5.74, 6) is 0. The van der Waals surface area contributed by atoms with Gasteiger partial charge in [-0.25, -0.2) is 0 Å². The van der Waals surface area contributed by atoms with Crippen molar-refractivity contribution in [1.82, 2.24) is 0 Å². The van der Waals surface area contributed by atoms with Crippen LogP contribution in [0.25, 0.3) is 0 Å². The highest BCUT2D eigenvalue weighted by molar-refractivity contribution is 4.99. The van der Waals surface area contributed by atoms with E-state index in [0.29, 0.717) is 6.42 Å². The molecule has 0 saturated carbocycles. The third-order valence-electron chi connectivity index (χ3n) is 2.51. The first-order valence-electron chi connectivity index (χ1n) is 5.52. The standard InChI is InChI=1S/C12H24O2/c1-4-5-6-9-12(2,14-3)10-7-8-11-13/h7,10,13H,4-6,8-9,11H2,1-3H3/b10-7+. The topological polar surface area (TPSA) is 29.5 Å². The number of hydrogen-bond donors (Lipinski definition) is 1. The smallest absolute Gasteiger partial charge is 0.0830 e. The minimum atomic E-state index is -0.148. The summed E-state index contributed by atoms with van der Waals surface area (Å²) in [5.41, 5.74) is -0.148. The summed E-state index contributed by atoms with van der Waals surface area (Å²) in [6.45, 7) is 4.51. The lowest BCUT2D eigenvalue weighted by Gasteiger charge is -2.24. The van der Waals surface area contributed by atoms with Crippen molar-refractivity contribution in [2.45, 2.75) is 51.6 Å². The fourth-order valence-electron chi connectivity index (χ4n) is 1.39. The minimum absolute atomic E-state index is 0.148. The molecule has 0 spiro atoms. The Kier molecular flexibility index (Phi) is 7.81. The molecule has 0 heterocycles. The molecule has 0 aromatic rings. The van der Waals surface area contributed by atoms with Gasteiger partial charge in [0.1, 0.15) is 0 Å². The van der Waals surface area contributed by atoms with Crippen LogP contribution >= 0.6 is 0 Å². The molecule has 1 unspecified atom stereocenters. The summed E-state index contributed by atoms with van der Waals surface area (Å²) in [6.07, 6.45) is 9.53. The van der Waals surface area contributed by atoms with Crippen molar-refractivity contribution in [3.05, 3.63) is 12.2 Å². The van der Waals surface area contributed by atoms with E-state index in [-0.39, 0.29) is 12.2 Å². The summed E-state index contributed by atoms with van der Waals surface area (Å²) in [6, 6.07) is 0. The average Bonchev–Trinajstić information content (AvgIpc) is 2.19. The van der Waals surface area contributed by atoms with Crippen LogP contribution in [0.3, 0.4) is 0 Å². The maximum absolute atomic E-state index is 8.66. The third-order valence-corrected chi connectivity index (χ3v) is 2.51. The minimum Gasteiger partial charge on any atom is -0.396 e. The molecule has 0 aliphatic heterocycles. The van der Waals surface area contributed by atoms with Gasteiger partial charge in [-0.1, -0.05) is 38.3 Å². The van der Waals surface area contributed by atoms with E-state index < -0.39 is 0 Å². The largest absolute Gasteiger partial charge is 0.396 e. The summed E-state index contributed by atoms with van der Waals surface area (Å²) in [4.78, 5) is 0. The Morgan fingerprint density at radius 3 is 2.57 bits per heavy atom. The van der Waals surface area contributed by atoms with Crippen LogP contribution in [0.2, 0.25) is 0 Å². The van der Waals surface area contributed by atoms with E-state index in [9.17, 15) is 0 Å². The Hall–Kier alpha value is -0.340. The highest BCUT2D eigenvalue weighted by Gasteiger charge is 2.18. The maximum atomic E-state index is 8.66. The van der Waals surface area contributed by atoms with Gasteiger partial charge in [0.15, 0.2) is 0 Å². The van der Waals surface area contributed by atoms with Crippen LogP contribution in [-0.4, -0.2) is 24.4 Å². The molecule has 2 heteroatoms. The summed E-state index contributed by atoms with van der Waals surface area (Å²) in [7, 11) is 1.75. The second-order valence-electron chi connectivity index (χ2n) is 3.89. The number of unbranched alkanes of at least 4 members (excludes halogenated alkanes) is 2. The number of methoxy groups -OCH3 is 1. The number of ether oxygens (including phenoxy) is 1. The monoisotopic (exact) mass is 200 g/mol. The molecular formula is C12H24O2. The van der Waals surface area contributed by atoms with Gasteiger partial charge >= 0.3 is 0 Å². The molecule has 0 saturated heterocycles. The van der Waals surface area contributed by atoms with Gasteiger partial charge in [-0.05, 0) is 19.8 Å². The average molecular weight is 200 g/mol. The molecule has 0 aliphatic rings. The Morgan fingerprint density at radius 1 is 1.36 bits per heavy atom. The first-order valence-corrected chi connectivity index (χ1v) is 5.52. The van der Waals surface area contributed by atoms with E-state index in [0.717, 1.165) is 6.42 Å². The summed E-state index contributed by atoms with van der Waals surface area (Å²) in [5, 5.41) is 8.66. The van der Waals surface area contributed by atoms with E-state index in [2.05, 4.69) is 19.9 Å². The SMILES string of the molecule is CCCCCC(C)(/C=C/CCO)OC. The van der Waals surface area contributed by atoms with Crippen molar-refractivity contribution in [2.75, 3.05) is 13.7 Å². The number of rotatable bonds is 8. The number of aliphatic hydroxyl groups is 1. The zero-order valence-corrected chi connectivity index (χ0v) is 9.75. The van der Waals surface area contributed by atoms with E-state index in [4.69, 9.17) is 9.84 Å².